The molecule has 0 spiro atoms. The van der Waals surface area contributed by atoms with Gasteiger partial charge in [-0.3, -0.25) is 0 Å². The SMILES string of the molecule is COc1ccc(N(c2cc[c]cc2)c2ccccc2)cc1. The molecule has 103 valence electrons. The second-order valence-electron chi connectivity index (χ2n) is 4.63. The summed E-state index contributed by atoms with van der Waals surface area (Å²) in [5.74, 6) is 0.855. The lowest BCUT2D eigenvalue weighted by Gasteiger charge is -2.25. The molecule has 2 heteroatoms. The van der Waals surface area contributed by atoms with Crippen molar-refractivity contribution in [1.82, 2.24) is 0 Å². The summed E-state index contributed by atoms with van der Waals surface area (Å²) >= 11 is 0. The summed E-state index contributed by atoms with van der Waals surface area (Å²) in [4.78, 5) is 2.20. The summed E-state index contributed by atoms with van der Waals surface area (Å²) in [5, 5.41) is 0. The largest absolute Gasteiger partial charge is 0.497 e. The second kappa shape index (κ2) is 6.14. The summed E-state index contributed by atoms with van der Waals surface area (Å²) in [6.45, 7) is 0. The van der Waals surface area contributed by atoms with Gasteiger partial charge in [-0.15, -0.1) is 0 Å². The number of methoxy groups -OCH3 is 1. The fourth-order valence-electron chi connectivity index (χ4n) is 2.28. The number of nitrogens with zero attached hydrogens (tertiary/aromatic N) is 1. The van der Waals surface area contributed by atoms with Gasteiger partial charge in [0.15, 0.2) is 0 Å². The summed E-state index contributed by atoms with van der Waals surface area (Å²) < 4.78 is 5.24. The molecule has 0 heterocycles. The first kappa shape index (κ1) is 13.3. The summed E-state index contributed by atoms with van der Waals surface area (Å²) in [6, 6.07) is 29.4. The van der Waals surface area contributed by atoms with E-state index in [-0.39, 0.29) is 0 Å². The van der Waals surface area contributed by atoms with Gasteiger partial charge >= 0.3 is 0 Å². The Hall–Kier alpha value is -2.74. The van der Waals surface area contributed by atoms with Crippen molar-refractivity contribution < 1.29 is 4.74 Å². The van der Waals surface area contributed by atoms with Gasteiger partial charge in [-0.05, 0) is 54.6 Å². The minimum Gasteiger partial charge on any atom is -0.497 e. The highest BCUT2D eigenvalue weighted by molar-refractivity contribution is 5.76. The van der Waals surface area contributed by atoms with Gasteiger partial charge in [0.2, 0.25) is 0 Å². The van der Waals surface area contributed by atoms with E-state index in [1.54, 1.807) is 7.11 Å². The van der Waals surface area contributed by atoms with Crippen molar-refractivity contribution in [3.8, 4) is 5.75 Å². The van der Waals surface area contributed by atoms with E-state index in [2.05, 4.69) is 47.4 Å². The van der Waals surface area contributed by atoms with Gasteiger partial charge in [0.05, 0.1) is 7.11 Å². The third-order valence-corrected chi connectivity index (χ3v) is 3.30. The monoisotopic (exact) mass is 274 g/mol. The molecular weight excluding hydrogens is 258 g/mol. The Labute approximate surface area is 125 Å². The van der Waals surface area contributed by atoms with Gasteiger partial charge < -0.3 is 9.64 Å². The lowest BCUT2D eigenvalue weighted by Crippen LogP contribution is -2.09. The van der Waals surface area contributed by atoms with Crippen molar-refractivity contribution >= 4 is 17.1 Å². The molecule has 1 radical (unpaired) electrons. The predicted molar refractivity (Wildman–Crippen MR) is 86.5 cm³/mol. The van der Waals surface area contributed by atoms with Gasteiger partial charge in [-0.1, -0.05) is 30.3 Å². The van der Waals surface area contributed by atoms with Crippen molar-refractivity contribution in [2.45, 2.75) is 0 Å². The molecule has 0 aliphatic rings. The van der Waals surface area contributed by atoms with Crippen molar-refractivity contribution in [2.75, 3.05) is 12.0 Å². The van der Waals surface area contributed by atoms with Crippen LogP contribution in [0.1, 0.15) is 0 Å². The van der Waals surface area contributed by atoms with Crippen LogP contribution in [0.25, 0.3) is 0 Å². The maximum atomic E-state index is 5.24. The molecule has 0 N–H and O–H groups in total. The normalized spacial score (nSPS) is 10.1. The van der Waals surface area contributed by atoms with Crippen LogP contribution >= 0.6 is 0 Å². The minimum absolute atomic E-state index is 0.855. The molecule has 0 aliphatic heterocycles. The van der Waals surface area contributed by atoms with Gasteiger partial charge in [0.25, 0.3) is 0 Å². The molecule has 0 unspecified atom stereocenters. The van der Waals surface area contributed by atoms with E-state index in [0.29, 0.717) is 0 Å². The van der Waals surface area contributed by atoms with Crippen LogP contribution in [0.2, 0.25) is 0 Å². The molecule has 0 saturated carbocycles. The van der Waals surface area contributed by atoms with Gasteiger partial charge in [-0.2, -0.15) is 0 Å². The molecular formula is C19H16NO. The van der Waals surface area contributed by atoms with Crippen LogP contribution in [0.15, 0.2) is 78.9 Å². The zero-order valence-corrected chi connectivity index (χ0v) is 11.9. The van der Waals surface area contributed by atoms with Gasteiger partial charge in [-0.25, -0.2) is 0 Å². The van der Waals surface area contributed by atoms with Crippen LogP contribution < -0.4 is 9.64 Å². The van der Waals surface area contributed by atoms with Crippen molar-refractivity contribution in [3.63, 3.8) is 0 Å². The number of para-hydroxylation sites is 1. The first-order valence-corrected chi connectivity index (χ1v) is 6.84. The Kier molecular flexibility index (Phi) is 3.88. The number of hydrogen-bond donors (Lipinski definition) is 0. The average Bonchev–Trinajstić information content (AvgIpc) is 2.58. The first-order chi connectivity index (χ1) is 10.4. The van der Waals surface area contributed by atoms with Crippen LogP contribution in [-0.4, -0.2) is 7.11 Å². The molecule has 0 saturated heterocycles. The summed E-state index contributed by atoms with van der Waals surface area (Å²) in [6.07, 6.45) is 0. The van der Waals surface area contributed by atoms with E-state index in [9.17, 15) is 0 Å². The first-order valence-electron chi connectivity index (χ1n) is 6.84. The standard InChI is InChI=1S/C19H16NO/c1-21-19-14-12-18(13-15-19)20(16-8-4-2-5-9-16)17-10-6-3-7-11-17/h2,4-15H,1H3. The predicted octanol–water partition coefficient (Wildman–Crippen LogP) is 4.97. The molecule has 0 aromatic heterocycles. The summed E-state index contributed by atoms with van der Waals surface area (Å²) in [7, 11) is 1.68. The molecule has 0 bridgehead atoms. The number of benzene rings is 3. The van der Waals surface area contributed by atoms with Crippen LogP contribution in [0.3, 0.4) is 0 Å². The van der Waals surface area contributed by atoms with E-state index in [0.717, 1.165) is 22.8 Å². The van der Waals surface area contributed by atoms with Crippen LogP contribution in [0.5, 0.6) is 5.75 Å². The van der Waals surface area contributed by atoms with Gasteiger partial charge in [0, 0.05) is 17.1 Å². The quantitative estimate of drug-likeness (QED) is 0.666. The Balaban J connectivity index is 2.07. The molecule has 0 atom stereocenters. The highest BCUT2D eigenvalue weighted by atomic mass is 16.5. The Bertz CT molecular complexity index is 638. The lowest BCUT2D eigenvalue weighted by molar-refractivity contribution is 0.415. The van der Waals surface area contributed by atoms with E-state index in [1.807, 2.05) is 42.5 Å². The molecule has 2 nitrogen and oxygen atoms in total. The molecule has 0 aliphatic carbocycles. The molecule has 3 aromatic carbocycles. The Morgan fingerprint density at radius 3 is 1.90 bits per heavy atom. The van der Waals surface area contributed by atoms with Crippen molar-refractivity contribution in [2.24, 2.45) is 0 Å². The molecule has 21 heavy (non-hydrogen) atoms. The number of ether oxygens (including phenoxy) is 1. The topological polar surface area (TPSA) is 12.5 Å². The van der Waals surface area contributed by atoms with E-state index >= 15 is 0 Å². The fourth-order valence-corrected chi connectivity index (χ4v) is 2.28. The Morgan fingerprint density at radius 1 is 0.714 bits per heavy atom. The Morgan fingerprint density at radius 2 is 1.29 bits per heavy atom. The van der Waals surface area contributed by atoms with E-state index in [4.69, 9.17) is 4.74 Å². The molecule has 3 rings (SSSR count). The van der Waals surface area contributed by atoms with Crippen molar-refractivity contribution in [1.29, 1.82) is 0 Å². The van der Waals surface area contributed by atoms with Crippen LogP contribution in [0.4, 0.5) is 17.1 Å². The zero-order chi connectivity index (χ0) is 14.5. The fraction of sp³-hybridized carbons (Fsp3) is 0.0526. The average molecular weight is 274 g/mol. The van der Waals surface area contributed by atoms with E-state index in [1.165, 1.54) is 0 Å². The van der Waals surface area contributed by atoms with Crippen LogP contribution in [-0.2, 0) is 0 Å². The third kappa shape index (κ3) is 2.90. The number of anilines is 3. The highest BCUT2D eigenvalue weighted by Gasteiger charge is 2.11. The number of hydrogen-bond acceptors (Lipinski definition) is 2. The zero-order valence-electron chi connectivity index (χ0n) is 11.9. The molecule has 0 amide bonds. The molecule has 0 fully saturated rings. The highest BCUT2D eigenvalue weighted by Crippen LogP contribution is 2.34. The van der Waals surface area contributed by atoms with Crippen LogP contribution in [0, 0.1) is 6.07 Å². The van der Waals surface area contributed by atoms with Gasteiger partial charge in [0.1, 0.15) is 5.75 Å². The lowest BCUT2D eigenvalue weighted by atomic mass is 10.2. The van der Waals surface area contributed by atoms with E-state index < -0.39 is 0 Å². The van der Waals surface area contributed by atoms with Crippen molar-refractivity contribution in [3.05, 3.63) is 84.9 Å². The minimum atomic E-state index is 0.855. The second-order valence-corrected chi connectivity index (χ2v) is 4.63. The third-order valence-electron chi connectivity index (χ3n) is 3.30. The smallest absolute Gasteiger partial charge is 0.119 e. The summed E-state index contributed by atoms with van der Waals surface area (Å²) in [5.41, 5.74) is 3.31. The molecule has 3 aromatic rings. The number of rotatable bonds is 4. The maximum Gasteiger partial charge on any atom is 0.119 e. The maximum absolute atomic E-state index is 5.24.